The molecule has 2 aromatic carbocycles. The quantitative estimate of drug-likeness (QED) is 0.897. The molecule has 4 heteroatoms. The fourth-order valence-corrected chi connectivity index (χ4v) is 3.01. The summed E-state index contributed by atoms with van der Waals surface area (Å²) in [6.45, 7) is 1.74. The summed E-state index contributed by atoms with van der Waals surface area (Å²) < 4.78 is 5.31. The smallest absolute Gasteiger partial charge is 0.125 e. The van der Waals surface area contributed by atoms with Crippen molar-refractivity contribution in [1.29, 1.82) is 0 Å². The Bertz CT molecular complexity index is 553. The third-order valence-corrected chi connectivity index (χ3v) is 4.04. The SMILES string of the molecule is COc1cccc(Sc2ccc(Cl)cc2)c1[C@@H](C)O. The van der Waals surface area contributed by atoms with Gasteiger partial charge in [0.2, 0.25) is 0 Å². The average Bonchev–Trinajstić information content (AvgIpc) is 2.40. The van der Waals surface area contributed by atoms with E-state index in [0.29, 0.717) is 10.8 Å². The molecular weight excluding hydrogens is 280 g/mol. The molecule has 19 heavy (non-hydrogen) atoms. The Morgan fingerprint density at radius 1 is 1.16 bits per heavy atom. The second-order valence-electron chi connectivity index (χ2n) is 4.10. The lowest BCUT2D eigenvalue weighted by Gasteiger charge is -2.15. The van der Waals surface area contributed by atoms with E-state index in [2.05, 4.69) is 0 Å². The summed E-state index contributed by atoms with van der Waals surface area (Å²) in [6.07, 6.45) is -0.578. The Morgan fingerprint density at radius 3 is 2.42 bits per heavy atom. The molecule has 0 spiro atoms. The molecule has 0 amide bonds. The maximum Gasteiger partial charge on any atom is 0.125 e. The van der Waals surface area contributed by atoms with Crippen molar-refractivity contribution in [2.75, 3.05) is 7.11 Å². The van der Waals surface area contributed by atoms with Crippen LogP contribution < -0.4 is 4.74 Å². The summed E-state index contributed by atoms with van der Waals surface area (Å²) in [5.74, 6) is 0.703. The van der Waals surface area contributed by atoms with Crippen LogP contribution in [0.1, 0.15) is 18.6 Å². The fourth-order valence-electron chi connectivity index (χ4n) is 1.83. The lowest BCUT2D eigenvalue weighted by molar-refractivity contribution is 0.191. The number of methoxy groups -OCH3 is 1. The van der Waals surface area contributed by atoms with Gasteiger partial charge in [-0.15, -0.1) is 0 Å². The molecule has 0 saturated carbocycles. The summed E-state index contributed by atoms with van der Waals surface area (Å²) in [7, 11) is 1.61. The largest absolute Gasteiger partial charge is 0.496 e. The van der Waals surface area contributed by atoms with Crippen molar-refractivity contribution < 1.29 is 9.84 Å². The molecule has 1 N–H and O–H groups in total. The van der Waals surface area contributed by atoms with Gasteiger partial charge in [0.05, 0.1) is 13.2 Å². The highest BCUT2D eigenvalue weighted by Gasteiger charge is 2.14. The third kappa shape index (κ3) is 3.44. The summed E-state index contributed by atoms with van der Waals surface area (Å²) in [6, 6.07) is 13.4. The number of ether oxygens (including phenoxy) is 1. The van der Waals surface area contributed by atoms with Crippen LogP contribution in [0.5, 0.6) is 5.75 Å². The van der Waals surface area contributed by atoms with Gasteiger partial charge < -0.3 is 9.84 Å². The predicted octanol–water partition coefficient (Wildman–Crippen LogP) is 4.55. The van der Waals surface area contributed by atoms with Gasteiger partial charge in [0.15, 0.2) is 0 Å². The van der Waals surface area contributed by atoms with E-state index >= 15 is 0 Å². The van der Waals surface area contributed by atoms with Crippen LogP contribution in [-0.4, -0.2) is 12.2 Å². The number of aliphatic hydroxyl groups excluding tert-OH is 1. The molecule has 2 rings (SSSR count). The summed E-state index contributed by atoms with van der Waals surface area (Å²) in [4.78, 5) is 2.05. The second-order valence-corrected chi connectivity index (χ2v) is 5.66. The van der Waals surface area contributed by atoms with Gasteiger partial charge in [-0.05, 0) is 43.3 Å². The first-order chi connectivity index (χ1) is 9.11. The first-order valence-corrected chi connectivity index (χ1v) is 7.09. The molecule has 0 fully saturated rings. The van der Waals surface area contributed by atoms with Crippen LogP contribution in [0.4, 0.5) is 0 Å². The van der Waals surface area contributed by atoms with E-state index in [1.165, 1.54) is 0 Å². The van der Waals surface area contributed by atoms with Gasteiger partial charge >= 0.3 is 0 Å². The van der Waals surface area contributed by atoms with Gasteiger partial charge in [0, 0.05) is 20.4 Å². The van der Waals surface area contributed by atoms with Crippen molar-refractivity contribution in [3.63, 3.8) is 0 Å². The third-order valence-electron chi connectivity index (χ3n) is 2.71. The van der Waals surface area contributed by atoms with E-state index in [1.54, 1.807) is 25.8 Å². The Balaban J connectivity index is 2.36. The fraction of sp³-hybridized carbons (Fsp3) is 0.200. The van der Waals surface area contributed by atoms with E-state index in [-0.39, 0.29) is 0 Å². The Hall–Kier alpha value is -1.16. The average molecular weight is 295 g/mol. The van der Waals surface area contributed by atoms with Gasteiger partial charge in [0.1, 0.15) is 5.75 Å². The molecule has 0 saturated heterocycles. The Morgan fingerprint density at radius 2 is 1.84 bits per heavy atom. The molecule has 100 valence electrons. The lowest BCUT2D eigenvalue weighted by Crippen LogP contribution is -1.98. The molecule has 1 atom stereocenters. The molecule has 0 bridgehead atoms. The van der Waals surface area contributed by atoms with Crippen LogP contribution >= 0.6 is 23.4 Å². The topological polar surface area (TPSA) is 29.5 Å². The van der Waals surface area contributed by atoms with E-state index in [9.17, 15) is 5.11 Å². The molecule has 2 nitrogen and oxygen atoms in total. The molecule has 0 unspecified atom stereocenters. The zero-order valence-corrected chi connectivity index (χ0v) is 12.3. The molecule has 0 aliphatic carbocycles. The van der Waals surface area contributed by atoms with E-state index in [0.717, 1.165) is 15.4 Å². The Labute approximate surface area is 122 Å². The normalized spacial score (nSPS) is 12.2. The van der Waals surface area contributed by atoms with Crippen molar-refractivity contribution in [3.8, 4) is 5.75 Å². The van der Waals surface area contributed by atoms with Crippen molar-refractivity contribution in [1.82, 2.24) is 0 Å². The van der Waals surface area contributed by atoms with E-state index < -0.39 is 6.10 Å². The van der Waals surface area contributed by atoms with Crippen molar-refractivity contribution >= 4 is 23.4 Å². The first kappa shape index (κ1) is 14.3. The summed E-state index contributed by atoms with van der Waals surface area (Å²) in [5.41, 5.74) is 0.810. The van der Waals surface area contributed by atoms with E-state index in [4.69, 9.17) is 16.3 Å². The highest BCUT2D eigenvalue weighted by Crippen LogP contribution is 2.38. The molecular formula is C15H15ClO2S. The number of rotatable bonds is 4. The highest BCUT2D eigenvalue weighted by atomic mass is 35.5. The highest BCUT2D eigenvalue weighted by molar-refractivity contribution is 7.99. The molecule has 0 aromatic heterocycles. The number of hydrogen-bond donors (Lipinski definition) is 1. The van der Waals surface area contributed by atoms with Crippen LogP contribution in [0.2, 0.25) is 5.02 Å². The van der Waals surface area contributed by atoms with Gasteiger partial charge in [-0.1, -0.05) is 29.4 Å². The zero-order chi connectivity index (χ0) is 13.8. The minimum atomic E-state index is -0.578. The number of hydrogen-bond acceptors (Lipinski definition) is 3. The number of aliphatic hydroxyl groups is 1. The number of halogens is 1. The molecule has 0 radical (unpaired) electrons. The maximum atomic E-state index is 9.92. The van der Waals surface area contributed by atoms with Gasteiger partial charge in [-0.2, -0.15) is 0 Å². The molecule has 2 aromatic rings. The lowest BCUT2D eigenvalue weighted by atomic mass is 10.1. The molecule has 0 aliphatic heterocycles. The second kappa shape index (κ2) is 6.33. The van der Waals surface area contributed by atoms with Crippen molar-refractivity contribution in [3.05, 3.63) is 53.1 Å². The Kier molecular flexibility index (Phi) is 4.75. The van der Waals surface area contributed by atoms with Gasteiger partial charge in [0.25, 0.3) is 0 Å². The van der Waals surface area contributed by atoms with Gasteiger partial charge in [-0.3, -0.25) is 0 Å². The minimum absolute atomic E-state index is 0.578. The maximum absolute atomic E-state index is 9.92. The standard InChI is InChI=1S/C15H15ClO2S/c1-10(17)15-13(18-2)4-3-5-14(15)19-12-8-6-11(16)7-9-12/h3-10,17H,1-2H3/t10-/m1/s1. The zero-order valence-electron chi connectivity index (χ0n) is 10.8. The van der Waals surface area contributed by atoms with Crippen molar-refractivity contribution in [2.45, 2.75) is 22.8 Å². The summed E-state index contributed by atoms with van der Waals surface area (Å²) in [5, 5.41) is 10.6. The minimum Gasteiger partial charge on any atom is -0.496 e. The monoisotopic (exact) mass is 294 g/mol. The first-order valence-electron chi connectivity index (χ1n) is 5.90. The number of benzene rings is 2. The summed E-state index contributed by atoms with van der Waals surface area (Å²) >= 11 is 7.46. The van der Waals surface area contributed by atoms with Crippen LogP contribution in [0.3, 0.4) is 0 Å². The van der Waals surface area contributed by atoms with Crippen LogP contribution in [-0.2, 0) is 0 Å². The van der Waals surface area contributed by atoms with Crippen molar-refractivity contribution in [2.24, 2.45) is 0 Å². The van der Waals surface area contributed by atoms with Crippen LogP contribution in [0.25, 0.3) is 0 Å². The van der Waals surface area contributed by atoms with Gasteiger partial charge in [-0.25, -0.2) is 0 Å². The van der Waals surface area contributed by atoms with E-state index in [1.807, 2.05) is 42.5 Å². The molecule has 0 aliphatic rings. The van der Waals surface area contributed by atoms with Crippen LogP contribution in [0, 0.1) is 0 Å². The molecule has 0 heterocycles. The predicted molar refractivity (Wildman–Crippen MR) is 79.2 cm³/mol. The van der Waals surface area contributed by atoms with Crippen LogP contribution in [0.15, 0.2) is 52.3 Å².